The van der Waals surface area contributed by atoms with E-state index in [0.717, 1.165) is 5.56 Å². The maximum atomic E-state index is 10.7. The van der Waals surface area contributed by atoms with Gasteiger partial charge in [-0.25, -0.2) is 0 Å². The summed E-state index contributed by atoms with van der Waals surface area (Å²) in [4.78, 5) is 0. The van der Waals surface area contributed by atoms with Gasteiger partial charge < -0.3 is 20.2 Å². The van der Waals surface area contributed by atoms with Crippen molar-refractivity contribution in [3.05, 3.63) is 29.3 Å². The molecule has 0 aliphatic carbocycles. The van der Waals surface area contributed by atoms with E-state index in [0.29, 0.717) is 12.1 Å². The fraction of sp³-hybridized carbons (Fsp3) is 0.125. The monoisotopic (exact) mass is 176 g/mol. The molecule has 0 unspecified atom stereocenters. The van der Waals surface area contributed by atoms with Crippen molar-refractivity contribution in [2.24, 2.45) is 0 Å². The first kappa shape index (κ1) is 8.28. The average Bonchev–Trinajstić information content (AvgIpc) is 2.47. The molecule has 13 heavy (non-hydrogen) atoms. The van der Waals surface area contributed by atoms with Gasteiger partial charge in [0.2, 0.25) is 0 Å². The Morgan fingerprint density at radius 3 is 3.08 bits per heavy atom. The Balaban J connectivity index is 2.47. The summed E-state index contributed by atoms with van der Waals surface area (Å²) in [6.45, 7) is 0.364. The fourth-order valence-electron chi connectivity index (χ4n) is 1.36. The zero-order chi connectivity index (χ0) is 9.42. The molecule has 0 spiro atoms. The number of rotatable bonds is 1. The molecule has 0 saturated heterocycles. The Labute approximate surface area is 75.4 Å². The predicted molar refractivity (Wildman–Crippen MR) is 45.7 cm³/mol. The third-order valence-electron chi connectivity index (χ3n) is 2.07. The summed E-state index contributed by atoms with van der Waals surface area (Å²) >= 11 is 0. The lowest BCUT2D eigenvalue weighted by atomic mass is 9.79. The van der Waals surface area contributed by atoms with Gasteiger partial charge >= 0.3 is 7.12 Å². The Bertz CT molecular complexity index is 366. The van der Waals surface area contributed by atoms with Crippen LogP contribution >= 0.6 is 0 Å². The van der Waals surface area contributed by atoms with E-state index in [-0.39, 0.29) is 5.56 Å². The molecular formula is C8H7BNO3-. The van der Waals surface area contributed by atoms with Crippen molar-refractivity contribution in [2.75, 3.05) is 0 Å². The molecule has 0 radical (unpaired) electrons. The van der Waals surface area contributed by atoms with Gasteiger partial charge in [0.15, 0.2) is 0 Å². The van der Waals surface area contributed by atoms with Crippen LogP contribution in [0, 0.1) is 5.41 Å². The first-order valence-corrected chi connectivity index (χ1v) is 3.87. The molecule has 1 aromatic rings. The normalized spacial score (nSPS) is 14.4. The van der Waals surface area contributed by atoms with E-state index in [2.05, 4.69) is 0 Å². The van der Waals surface area contributed by atoms with Crippen molar-refractivity contribution in [1.82, 2.24) is 0 Å². The minimum Gasteiger partial charge on any atom is -0.859 e. The molecule has 0 aromatic heterocycles. The summed E-state index contributed by atoms with van der Waals surface area (Å²) in [7, 11) is -0.950. The molecule has 0 bridgehead atoms. The Kier molecular flexibility index (Phi) is 1.83. The molecule has 2 N–H and O–H groups in total. The molecule has 0 fully saturated rings. The first-order valence-electron chi connectivity index (χ1n) is 3.87. The highest BCUT2D eigenvalue weighted by atomic mass is 16.5. The van der Waals surface area contributed by atoms with Gasteiger partial charge in [-0.15, -0.1) is 0 Å². The quantitative estimate of drug-likeness (QED) is 0.313. The van der Waals surface area contributed by atoms with E-state index in [1.165, 1.54) is 6.07 Å². The van der Waals surface area contributed by atoms with Gasteiger partial charge in [-0.1, -0.05) is 18.2 Å². The van der Waals surface area contributed by atoms with Crippen LogP contribution in [-0.2, 0) is 11.3 Å². The summed E-state index contributed by atoms with van der Waals surface area (Å²) in [5.74, 6) is -0.748. The summed E-state index contributed by atoms with van der Waals surface area (Å²) in [6.07, 6.45) is 0. The van der Waals surface area contributed by atoms with Gasteiger partial charge in [-0.3, -0.25) is 0 Å². The molecule has 5 heteroatoms. The van der Waals surface area contributed by atoms with Crippen LogP contribution < -0.4 is 10.6 Å². The highest BCUT2D eigenvalue weighted by molar-refractivity contribution is 6.61. The fourth-order valence-corrected chi connectivity index (χ4v) is 1.36. The van der Waals surface area contributed by atoms with Crippen molar-refractivity contribution in [3.63, 3.8) is 0 Å². The summed E-state index contributed by atoms with van der Waals surface area (Å²) in [5.41, 5.74) is 1.75. The number of hydrogen-bond acceptors (Lipinski definition) is 4. The molecule has 1 heterocycles. The molecule has 1 aliphatic heterocycles. The van der Waals surface area contributed by atoms with Gasteiger partial charge in [0.25, 0.3) is 0 Å². The van der Waals surface area contributed by atoms with E-state index in [1.807, 2.05) is 0 Å². The van der Waals surface area contributed by atoms with Crippen LogP contribution in [-0.4, -0.2) is 18.0 Å². The predicted octanol–water partition coefficient (Wildman–Crippen LogP) is -1.41. The largest absolute Gasteiger partial charge is 0.859 e. The van der Waals surface area contributed by atoms with Gasteiger partial charge in [-0.05, 0) is 22.5 Å². The van der Waals surface area contributed by atoms with Crippen LogP contribution in [0.25, 0.3) is 0 Å². The molecule has 66 valence electrons. The molecule has 1 aromatic carbocycles. The van der Waals surface area contributed by atoms with Crippen molar-refractivity contribution in [1.29, 1.82) is 5.41 Å². The van der Waals surface area contributed by atoms with E-state index in [1.54, 1.807) is 12.1 Å². The summed E-state index contributed by atoms with van der Waals surface area (Å²) < 4.78 is 4.94. The van der Waals surface area contributed by atoms with Gasteiger partial charge in [0.05, 0.1) is 6.61 Å². The van der Waals surface area contributed by atoms with Crippen molar-refractivity contribution in [2.45, 2.75) is 6.61 Å². The third kappa shape index (κ3) is 1.32. The van der Waals surface area contributed by atoms with Gasteiger partial charge in [-0.2, -0.15) is 0 Å². The number of benzene rings is 1. The second-order valence-corrected chi connectivity index (χ2v) is 2.91. The molecular weight excluding hydrogens is 169 g/mol. The van der Waals surface area contributed by atoms with Gasteiger partial charge in [0.1, 0.15) is 0 Å². The zero-order valence-electron chi connectivity index (χ0n) is 6.78. The van der Waals surface area contributed by atoms with Crippen LogP contribution in [0.15, 0.2) is 18.2 Å². The second-order valence-electron chi connectivity index (χ2n) is 2.91. The van der Waals surface area contributed by atoms with Crippen LogP contribution in [0.4, 0.5) is 0 Å². The Hall–Kier alpha value is -1.33. The number of hydrogen-bond donors (Lipinski definition) is 2. The van der Waals surface area contributed by atoms with Crippen LogP contribution in [0.1, 0.15) is 11.1 Å². The summed E-state index contributed by atoms with van der Waals surface area (Å²) in [6, 6.07) is 4.77. The Morgan fingerprint density at radius 2 is 2.38 bits per heavy atom. The van der Waals surface area contributed by atoms with Crippen molar-refractivity contribution >= 4 is 18.5 Å². The molecule has 0 amide bonds. The molecule has 0 saturated carbocycles. The highest BCUT2D eigenvalue weighted by Crippen LogP contribution is 2.10. The Morgan fingerprint density at radius 1 is 1.62 bits per heavy atom. The minimum atomic E-state index is -0.950. The van der Waals surface area contributed by atoms with E-state index < -0.39 is 13.0 Å². The van der Waals surface area contributed by atoms with Crippen LogP contribution in [0.3, 0.4) is 0 Å². The topological polar surface area (TPSA) is 76.4 Å². The van der Waals surface area contributed by atoms with E-state index >= 15 is 0 Å². The molecule has 2 rings (SSSR count). The van der Waals surface area contributed by atoms with Crippen molar-refractivity contribution < 1.29 is 14.8 Å². The van der Waals surface area contributed by atoms with Crippen LogP contribution in [0.5, 0.6) is 0 Å². The average molecular weight is 176 g/mol. The number of nitrogens with one attached hydrogen (secondary N) is 1. The zero-order valence-corrected chi connectivity index (χ0v) is 6.78. The maximum absolute atomic E-state index is 10.7. The van der Waals surface area contributed by atoms with E-state index in [9.17, 15) is 10.1 Å². The maximum Gasteiger partial charge on any atom is 0.491 e. The standard InChI is InChI=1S/C8H8BNO3/c10-8(11)5-1-2-6-4-13-9(12)7(6)3-5/h1-3,12H,4H2,(H2,10,11)/p-1. The highest BCUT2D eigenvalue weighted by Gasteiger charge is 2.26. The van der Waals surface area contributed by atoms with Gasteiger partial charge in [0, 0.05) is 0 Å². The van der Waals surface area contributed by atoms with Crippen molar-refractivity contribution in [3.8, 4) is 0 Å². The van der Waals surface area contributed by atoms with Crippen LogP contribution in [0.2, 0.25) is 0 Å². The SMILES string of the molecule is N=C([O-])c1ccc2c(c1)B(O)OC2. The lowest BCUT2D eigenvalue weighted by Crippen LogP contribution is -2.29. The second kappa shape index (κ2) is 2.87. The molecule has 0 atom stereocenters. The minimum absolute atomic E-state index is 0.281. The number of fused-ring (bicyclic) bond motifs is 1. The first-order chi connectivity index (χ1) is 6.18. The lowest BCUT2D eigenvalue weighted by Gasteiger charge is -2.08. The lowest BCUT2D eigenvalue weighted by molar-refractivity contribution is -0.214. The third-order valence-corrected chi connectivity index (χ3v) is 2.07. The molecule has 1 aliphatic rings. The summed E-state index contributed by atoms with van der Waals surface area (Å²) in [5, 5.41) is 26.9. The molecule has 4 nitrogen and oxygen atoms in total. The van der Waals surface area contributed by atoms with E-state index in [4.69, 9.17) is 10.1 Å². The smallest absolute Gasteiger partial charge is 0.491 e.